The number of hydrogen-bond acceptors (Lipinski definition) is 4. The molecule has 0 radical (unpaired) electrons. The summed E-state index contributed by atoms with van der Waals surface area (Å²) in [5.74, 6) is -16.3. The summed E-state index contributed by atoms with van der Waals surface area (Å²) in [5.41, 5.74) is -8.83. The van der Waals surface area contributed by atoms with Gasteiger partial charge in [0.2, 0.25) is 17.0 Å². The molecule has 1 aliphatic heterocycles. The van der Waals surface area contributed by atoms with Crippen LogP contribution < -0.4 is 0 Å². The lowest BCUT2D eigenvalue weighted by atomic mass is 9.69. The lowest BCUT2D eigenvalue weighted by Crippen LogP contribution is -2.84. The third kappa shape index (κ3) is 2.46. The number of aliphatic hydroxyl groups is 1. The van der Waals surface area contributed by atoms with E-state index in [1.807, 2.05) is 0 Å². The Morgan fingerprint density at radius 3 is 1.96 bits per heavy atom. The summed E-state index contributed by atoms with van der Waals surface area (Å²) < 4.78 is 107. The molecule has 0 aliphatic carbocycles. The quantitative estimate of drug-likeness (QED) is 0.459. The molecule has 1 aliphatic rings. The number of alkyl halides is 7. The van der Waals surface area contributed by atoms with E-state index in [0.29, 0.717) is 13.8 Å². The van der Waals surface area contributed by atoms with Gasteiger partial charge in [-0.1, -0.05) is 20.4 Å². The minimum atomic E-state index is -5.87. The van der Waals surface area contributed by atoms with E-state index >= 15 is 0 Å². The maximum Gasteiger partial charge on any atom is 0.423 e. The molecule has 1 saturated heterocycles. The molecule has 0 aromatic carbocycles. The minimum absolute atomic E-state index is 0.102. The van der Waals surface area contributed by atoms with Crippen molar-refractivity contribution in [2.75, 3.05) is 0 Å². The number of carbonyl (C=O) groups is 1. The van der Waals surface area contributed by atoms with Gasteiger partial charge in [0.05, 0.1) is 0 Å². The van der Waals surface area contributed by atoms with Gasteiger partial charge >= 0.3 is 24.0 Å². The fourth-order valence-corrected chi connectivity index (χ4v) is 2.95. The van der Waals surface area contributed by atoms with Crippen molar-refractivity contribution >= 4 is 5.97 Å². The van der Waals surface area contributed by atoms with Crippen molar-refractivity contribution in [2.24, 2.45) is 0 Å². The van der Waals surface area contributed by atoms with Crippen molar-refractivity contribution in [3.05, 3.63) is 12.7 Å². The minimum Gasteiger partial charge on any atom is -0.443 e. The van der Waals surface area contributed by atoms with Crippen LogP contribution in [0.4, 0.5) is 30.7 Å². The molecule has 3 atom stereocenters. The number of esters is 1. The first-order valence-electron chi connectivity index (χ1n) is 7.14. The van der Waals surface area contributed by atoms with Crippen LogP contribution in [0, 0.1) is 0 Å². The van der Waals surface area contributed by atoms with Crippen molar-refractivity contribution in [3.63, 3.8) is 0 Å². The molecule has 1 rings (SSSR count). The maximum atomic E-state index is 14.9. The molecule has 0 saturated carbocycles. The van der Waals surface area contributed by atoms with Crippen LogP contribution in [0.2, 0.25) is 0 Å². The zero-order valence-electron chi connectivity index (χ0n) is 13.5. The Balaban J connectivity index is 3.91. The second kappa shape index (κ2) is 5.83. The highest BCUT2D eigenvalue weighted by Crippen LogP contribution is 2.65. The largest absolute Gasteiger partial charge is 0.443 e. The Morgan fingerprint density at radius 1 is 1.16 bits per heavy atom. The molecule has 0 amide bonds. The molecule has 11 heteroatoms. The standard InChI is InChI=1S/C14H17F7O4/c1-5-8(22)24-10(6-2)12(15,16)9(4,23)25-11(7-3,13(10,17)18)14(19,20)21/h5,23H,1,6-7H2,2-4H3. The van der Waals surface area contributed by atoms with E-state index in [0.717, 1.165) is 0 Å². The molecule has 0 bridgehead atoms. The fourth-order valence-electron chi connectivity index (χ4n) is 2.95. The van der Waals surface area contributed by atoms with E-state index in [1.165, 1.54) is 0 Å². The summed E-state index contributed by atoms with van der Waals surface area (Å²) in [5, 5.41) is 9.79. The Bertz CT molecular complexity index is 558. The van der Waals surface area contributed by atoms with E-state index in [-0.39, 0.29) is 13.0 Å². The summed E-state index contributed by atoms with van der Waals surface area (Å²) in [4.78, 5) is 11.4. The molecule has 0 aromatic rings. The number of hydrogen-bond donors (Lipinski definition) is 1. The monoisotopic (exact) mass is 382 g/mol. The van der Waals surface area contributed by atoms with Crippen LogP contribution in [-0.2, 0) is 14.3 Å². The van der Waals surface area contributed by atoms with E-state index in [1.54, 1.807) is 0 Å². The average Bonchev–Trinajstić information content (AvgIpc) is 2.46. The maximum absolute atomic E-state index is 14.9. The van der Waals surface area contributed by atoms with Gasteiger partial charge in [0.25, 0.3) is 0 Å². The Kier molecular flexibility index (Phi) is 5.06. The molecule has 3 unspecified atom stereocenters. The first kappa shape index (κ1) is 21.7. The summed E-state index contributed by atoms with van der Waals surface area (Å²) in [6.45, 7) is 4.25. The van der Waals surface area contributed by atoms with Crippen LogP contribution in [0.25, 0.3) is 0 Å². The second-order valence-corrected chi connectivity index (χ2v) is 5.72. The van der Waals surface area contributed by atoms with E-state index < -0.39 is 53.8 Å². The number of rotatable bonds is 4. The number of ether oxygens (including phenoxy) is 2. The normalized spacial score (nSPS) is 37.4. The second-order valence-electron chi connectivity index (χ2n) is 5.72. The molecule has 4 nitrogen and oxygen atoms in total. The Hall–Kier alpha value is -1.36. The average molecular weight is 382 g/mol. The molecule has 1 N–H and O–H groups in total. The molecular weight excluding hydrogens is 365 g/mol. The molecule has 25 heavy (non-hydrogen) atoms. The van der Waals surface area contributed by atoms with Gasteiger partial charge in [-0.05, 0) is 19.8 Å². The van der Waals surface area contributed by atoms with Crippen LogP contribution in [0.3, 0.4) is 0 Å². The molecule has 1 heterocycles. The highest BCUT2D eigenvalue weighted by atomic mass is 19.4. The lowest BCUT2D eigenvalue weighted by molar-refractivity contribution is -0.516. The first-order chi connectivity index (χ1) is 11.0. The third-order valence-electron chi connectivity index (χ3n) is 4.37. The number of carbonyl (C=O) groups excluding carboxylic acids is 1. The summed E-state index contributed by atoms with van der Waals surface area (Å²) >= 11 is 0. The fraction of sp³-hybridized carbons (Fsp3) is 0.786. The highest BCUT2D eigenvalue weighted by Gasteiger charge is 2.91. The van der Waals surface area contributed by atoms with Crippen molar-refractivity contribution < 1.29 is 50.1 Å². The molecule has 0 spiro atoms. The molecule has 0 aromatic heterocycles. The zero-order valence-corrected chi connectivity index (χ0v) is 13.5. The molecule has 1 fully saturated rings. The zero-order chi connectivity index (χ0) is 20.1. The van der Waals surface area contributed by atoms with Crippen LogP contribution >= 0.6 is 0 Å². The van der Waals surface area contributed by atoms with Crippen LogP contribution in [0.15, 0.2) is 12.7 Å². The SMILES string of the molecule is C=CC(=O)OC1(CC)C(F)(F)C(C)(O)OC(CC)(C(F)(F)F)C1(F)F. The van der Waals surface area contributed by atoms with Gasteiger partial charge in [0.15, 0.2) is 0 Å². The third-order valence-corrected chi connectivity index (χ3v) is 4.37. The van der Waals surface area contributed by atoms with Gasteiger partial charge in [-0.15, -0.1) is 0 Å². The van der Waals surface area contributed by atoms with Crippen LogP contribution in [0.5, 0.6) is 0 Å². The Morgan fingerprint density at radius 2 is 1.64 bits per heavy atom. The predicted octanol–water partition coefficient (Wildman–Crippen LogP) is 3.58. The van der Waals surface area contributed by atoms with Crippen molar-refractivity contribution in [3.8, 4) is 0 Å². The predicted molar refractivity (Wildman–Crippen MR) is 70.0 cm³/mol. The van der Waals surface area contributed by atoms with Gasteiger partial charge in [-0.3, -0.25) is 0 Å². The van der Waals surface area contributed by atoms with Gasteiger partial charge in [0.1, 0.15) is 0 Å². The summed E-state index contributed by atoms with van der Waals surface area (Å²) in [7, 11) is 0. The molecular formula is C14H17F7O4. The topological polar surface area (TPSA) is 55.8 Å². The summed E-state index contributed by atoms with van der Waals surface area (Å²) in [6.07, 6.45) is -8.59. The van der Waals surface area contributed by atoms with Gasteiger partial charge in [0, 0.05) is 6.08 Å². The van der Waals surface area contributed by atoms with Gasteiger partial charge in [-0.2, -0.15) is 30.7 Å². The van der Waals surface area contributed by atoms with Crippen molar-refractivity contribution in [1.29, 1.82) is 0 Å². The van der Waals surface area contributed by atoms with E-state index in [2.05, 4.69) is 16.1 Å². The van der Waals surface area contributed by atoms with Gasteiger partial charge in [-0.25, -0.2) is 4.79 Å². The van der Waals surface area contributed by atoms with E-state index in [4.69, 9.17) is 0 Å². The first-order valence-corrected chi connectivity index (χ1v) is 7.14. The lowest BCUT2D eigenvalue weighted by Gasteiger charge is -2.59. The highest BCUT2D eigenvalue weighted by molar-refractivity contribution is 5.81. The smallest absolute Gasteiger partial charge is 0.423 e. The van der Waals surface area contributed by atoms with Gasteiger partial charge < -0.3 is 14.6 Å². The van der Waals surface area contributed by atoms with Crippen LogP contribution in [0.1, 0.15) is 33.6 Å². The summed E-state index contributed by atoms with van der Waals surface area (Å²) in [6, 6.07) is 0. The van der Waals surface area contributed by atoms with Crippen molar-refractivity contribution in [1.82, 2.24) is 0 Å². The molecule has 146 valence electrons. The van der Waals surface area contributed by atoms with Crippen molar-refractivity contribution in [2.45, 2.75) is 68.6 Å². The van der Waals surface area contributed by atoms with Crippen LogP contribution in [-0.4, -0.2) is 46.1 Å². The van der Waals surface area contributed by atoms with E-state index in [9.17, 15) is 40.6 Å². The number of halogens is 7. The Labute approximate surface area is 138 Å².